The van der Waals surface area contributed by atoms with Gasteiger partial charge in [-0.05, 0) is 25.1 Å². The van der Waals surface area contributed by atoms with Crippen molar-refractivity contribution in [3.8, 4) is 0 Å². The van der Waals surface area contributed by atoms with Gasteiger partial charge in [0.25, 0.3) is 5.69 Å². The molecular formula is C18H17N3O4. The van der Waals surface area contributed by atoms with Gasteiger partial charge in [-0.25, -0.2) is 0 Å². The summed E-state index contributed by atoms with van der Waals surface area (Å²) in [6, 6.07) is 13.7. The number of carbonyl (C=O) groups is 2. The summed E-state index contributed by atoms with van der Waals surface area (Å²) < 4.78 is 0. The molecule has 1 aliphatic heterocycles. The minimum atomic E-state index is -0.494. The second-order valence-electron chi connectivity index (χ2n) is 5.94. The van der Waals surface area contributed by atoms with E-state index in [1.165, 1.54) is 12.1 Å². The molecule has 25 heavy (non-hydrogen) atoms. The van der Waals surface area contributed by atoms with E-state index in [4.69, 9.17) is 0 Å². The van der Waals surface area contributed by atoms with Crippen LogP contribution in [0, 0.1) is 23.0 Å². The molecule has 0 saturated carbocycles. The number of nitro benzene ring substituents is 1. The number of amides is 2. The van der Waals surface area contributed by atoms with Crippen LogP contribution in [0.15, 0.2) is 48.5 Å². The number of nitrogens with one attached hydrogen (secondary N) is 1. The number of anilines is 2. The minimum Gasteiger partial charge on any atom is -0.325 e. The quantitative estimate of drug-likeness (QED) is 0.685. The molecular weight excluding hydrogens is 322 g/mol. The summed E-state index contributed by atoms with van der Waals surface area (Å²) in [4.78, 5) is 36.8. The summed E-state index contributed by atoms with van der Waals surface area (Å²) in [6.07, 6.45) is 0.120. The summed E-state index contributed by atoms with van der Waals surface area (Å²) in [5.74, 6) is -0.913. The average molecular weight is 339 g/mol. The van der Waals surface area contributed by atoms with Gasteiger partial charge in [0.15, 0.2) is 0 Å². The van der Waals surface area contributed by atoms with E-state index in [-0.39, 0.29) is 23.9 Å². The first kappa shape index (κ1) is 16.6. The van der Waals surface area contributed by atoms with Gasteiger partial charge in [-0.15, -0.1) is 0 Å². The Bertz CT molecular complexity index is 835. The Hall–Kier alpha value is -3.22. The average Bonchev–Trinajstić information content (AvgIpc) is 2.99. The van der Waals surface area contributed by atoms with E-state index < -0.39 is 10.8 Å². The number of nitro groups is 1. The van der Waals surface area contributed by atoms with Crippen molar-refractivity contribution in [2.45, 2.75) is 13.3 Å². The smallest absolute Gasteiger partial charge is 0.274 e. The number of para-hydroxylation sites is 1. The number of hydrogen-bond acceptors (Lipinski definition) is 4. The molecule has 2 amide bonds. The Kier molecular flexibility index (Phi) is 4.47. The van der Waals surface area contributed by atoms with Crippen molar-refractivity contribution >= 4 is 28.9 Å². The van der Waals surface area contributed by atoms with Crippen LogP contribution >= 0.6 is 0 Å². The van der Waals surface area contributed by atoms with Gasteiger partial charge < -0.3 is 10.2 Å². The van der Waals surface area contributed by atoms with Gasteiger partial charge in [0, 0.05) is 24.7 Å². The van der Waals surface area contributed by atoms with Gasteiger partial charge in [-0.3, -0.25) is 19.7 Å². The standard InChI is InChI=1S/C18H17N3O4/c1-12-15(8-5-9-16(12)21(24)25)19-18(23)13-10-17(22)20(11-13)14-6-3-2-4-7-14/h2-9,13H,10-11H2,1H3,(H,19,23)/t13-/m0/s1. The third-order valence-corrected chi connectivity index (χ3v) is 4.32. The van der Waals surface area contributed by atoms with Gasteiger partial charge in [-0.2, -0.15) is 0 Å². The van der Waals surface area contributed by atoms with Crippen LogP contribution in [0.4, 0.5) is 17.1 Å². The van der Waals surface area contributed by atoms with E-state index in [1.54, 1.807) is 17.9 Å². The van der Waals surface area contributed by atoms with Gasteiger partial charge in [0.1, 0.15) is 0 Å². The number of rotatable bonds is 4. The molecule has 0 spiro atoms. The lowest BCUT2D eigenvalue weighted by Crippen LogP contribution is -2.28. The first-order valence-electron chi connectivity index (χ1n) is 7.87. The topological polar surface area (TPSA) is 92.6 Å². The maximum atomic E-state index is 12.5. The summed E-state index contributed by atoms with van der Waals surface area (Å²) in [5, 5.41) is 13.7. The fourth-order valence-corrected chi connectivity index (χ4v) is 2.93. The van der Waals surface area contributed by atoms with E-state index >= 15 is 0 Å². The Labute approximate surface area is 144 Å². The van der Waals surface area contributed by atoms with E-state index in [9.17, 15) is 19.7 Å². The summed E-state index contributed by atoms with van der Waals surface area (Å²) >= 11 is 0. The van der Waals surface area contributed by atoms with Crippen molar-refractivity contribution in [1.29, 1.82) is 0 Å². The molecule has 0 bridgehead atoms. The molecule has 1 saturated heterocycles. The molecule has 1 atom stereocenters. The summed E-state index contributed by atoms with van der Waals surface area (Å²) in [5.41, 5.74) is 1.50. The lowest BCUT2D eigenvalue weighted by Gasteiger charge is -2.16. The highest BCUT2D eigenvalue weighted by atomic mass is 16.6. The molecule has 1 N–H and O–H groups in total. The van der Waals surface area contributed by atoms with Gasteiger partial charge in [0.05, 0.1) is 22.1 Å². The zero-order valence-corrected chi connectivity index (χ0v) is 13.6. The summed E-state index contributed by atoms with van der Waals surface area (Å²) in [7, 11) is 0. The van der Waals surface area contributed by atoms with Crippen molar-refractivity contribution in [3.05, 3.63) is 64.2 Å². The zero-order valence-electron chi connectivity index (χ0n) is 13.6. The van der Waals surface area contributed by atoms with Crippen molar-refractivity contribution in [2.24, 2.45) is 5.92 Å². The molecule has 1 fully saturated rings. The molecule has 2 aromatic carbocycles. The molecule has 0 radical (unpaired) electrons. The molecule has 128 valence electrons. The third-order valence-electron chi connectivity index (χ3n) is 4.32. The van der Waals surface area contributed by atoms with Crippen molar-refractivity contribution in [3.63, 3.8) is 0 Å². The normalized spacial score (nSPS) is 16.8. The van der Waals surface area contributed by atoms with E-state index in [2.05, 4.69) is 5.32 Å². The SMILES string of the molecule is Cc1c(NC(=O)[C@H]2CC(=O)N(c3ccccc3)C2)cccc1[N+](=O)[O-]. The van der Waals surface area contributed by atoms with Crippen LogP contribution in [0.1, 0.15) is 12.0 Å². The number of nitrogens with zero attached hydrogens (tertiary/aromatic N) is 2. The van der Waals surface area contributed by atoms with Crippen LogP contribution in [0.25, 0.3) is 0 Å². The van der Waals surface area contributed by atoms with E-state index in [0.29, 0.717) is 17.8 Å². The van der Waals surface area contributed by atoms with Crippen LogP contribution in [-0.2, 0) is 9.59 Å². The predicted molar refractivity (Wildman–Crippen MR) is 93.4 cm³/mol. The van der Waals surface area contributed by atoms with Crippen LogP contribution in [0.5, 0.6) is 0 Å². The zero-order chi connectivity index (χ0) is 18.0. The molecule has 0 aromatic heterocycles. The van der Waals surface area contributed by atoms with Crippen molar-refractivity contribution < 1.29 is 14.5 Å². The van der Waals surface area contributed by atoms with Crippen LogP contribution in [0.3, 0.4) is 0 Å². The fourth-order valence-electron chi connectivity index (χ4n) is 2.93. The second-order valence-corrected chi connectivity index (χ2v) is 5.94. The van der Waals surface area contributed by atoms with Gasteiger partial charge >= 0.3 is 0 Å². The Morgan fingerprint density at radius 1 is 1.20 bits per heavy atom. The molecule has 0 unspecified atom stereocenters. The first-order valence-corrected chi connectivity index (χ1v) is 7.87. The third kappa shape index (κ3) is 3.35. The largest absolute Gasteiger partial charge is 0.325 e. The first-order chi connectivity index (χ1) is 12.0. The van der Waals surface area contributed by atoms with Crippen LogP contribution in [0.2, 0.25) is 0 Å². The predicted octanol–water partition coefficient (Wildman–Crippen LogP) is 2.89. The Balaban J connectivity index is 1.74. The minimum absolute atomic E-state index is 0.0498. The maximum Gasteiger partial charge on any atom is 0.274 e. The van der Waals surface area contributed by atoms with Crippen LogP contribution in [-0.4, -0.2) is 23.3 Å². The molecule has 0 aliphatic carbocycles. The molecule has 1 aliphatic rings. The molecule has 3 rings (SSSR count). The molecule has 7 nitrogen and oxygen atoms in total. The highest BCUT2D eigenvalue weighted by Gasteiger charge is 2.35. The monoisotopic (exact) mass is 339 g/mol. The maximum absolute atomic E-state index is 12.5. The molecule has 1 heterocycles. The van der Waals surface area contributed by atoms with Gasteiger partial charge in [0.2, 0.25) is 11.8 Å². The van der Waals surface area contributed by atoms with E-state index in [0.717, 1.165) is 5.69 Å². The highest BCUT2D eigenvalue weighted by molar-refractivity contribution is 6.03. The highest BCUT2D eigenvalue weighted by Crippen LogP contribution is 2.28. The molecule has 2 aromatic rings. The Morgan fingerprint density at radius 3 is 2.60 bits per heavy atom. The van der Waals surface area contributed by atoms with E-state index in [1.807, 2.05) is 30.3 Å². The van der Waals surface area contributed by atoms with Crippen molar-refractivity contribution in [1.82, 2.24) is 0 Å². The lowest BCUT2D eigenvalue weighted by atomic mass is 10.1. The fraction of sp³-hybridized carbons (Fsp3) is 0.222. The number of hydrogen-bond donors (Lipinski definition) is 1. The second kappa shape index (κ2) is 6.72. The Morgan fingerprint density at radius 2 is 1.92 bits per heavy atom. The molecule has 7 heteroatoms. The number of benzene rings is 2. The lowest BCUT2D eigenvalue weighted by molar-refractivity contribution is -0.385. The van der Waals surface area contributed by atoms with Gasteiger partial charge in [-0.1, -0.05) is 24.3 Å². The van der Waals surface area contributed by atoms with Crippen LogP contribution < -0.4 is 10.2 Å². The van der Waals surface area contributed by atoms with Crippen molar-refractivity contribution in [2.75, 3.05) is 16.8 Å². The number of carbonyl (C=O) groups excluding carboxylic acids is 2. The summed E-state index contributed by atoms with van der Waals surface area (Å²) in [6.45, 7) is 1.88.